The van der Waals surface area contributed by atoms with Crippen LogP contribution >= 0.6 is 24.0 Å². The van der Waals surface area contributed by atoms with E-state index in [1.807, 2.05) is 44.4 Å². The largest absolute Gasteiger partial charge is 0.492 e. The summed E-state index contributed by atoms with van der Waals surface area (Å²) < 4.78 is 19.5. The van der Waals surface area contributed by atoms with Gasteiger partial charge in [-0.1, -0.05) is 30.3 Å². The number of nitrogens with one attached hydrogen (secondary N) is 2. The van der Waals surface area contributed by atoms with Gasteiger partial charge in [-0.2, -0.15) is 0 Å². The maximum Gasteiger partial charge on any atom is 0.191 e. The molecular formula is C21H30FIN4O. The number of benzene rings is 2. The van der Waals surface area contributed by atoms with Gasteiger partial charge in [0.15, 0.2) is 5.96 Å². The van der Waals surface area contributed by atoms with E-state index in [1.165, 1.54) is 0 Å². The summed E-state index contributed by atoms with van der Waals surface area (Å²) in [7, 11) is 5.75. The molecule has 0 saturated heterocycles. The molecule has 0 aliphatic rings. The van der Waals surface area contributed by atoms with E-state index in [0.29, 0.717) is 31.2 Å². The van der Waals surface area contributed by atoms with Crippen LogP contribution in [0.2, 0.25) is 0 Å². The second-order valence-corrected chi connectivity index (χ2v) is 6.62. The summed E-state index contributed by atoms with van der Waals surface area (Å²) in [5.41, 5.74) is 2.57. The Morgan fingerprint density at radius 2 is 1.82 bits per heavy atom. The fraction of sp³-hybridized carbons (Fsp3) is 0.381. The van der Waals surface area contributed by atoms with Crippen LogP contribution in [0.1, 0.15) is 16.7 Å². The van der Waals surface area contributed by atoms with Crippen LogP contribution in [0, 0.1) is 12.7 Å². The van der Waals surface area contributed by atoms with Crippen LogP contribution in [0.4, 0.5) is 4.39 Å². The number of guanidine groups is 1. The average Bonchev–Trinajstić information content (AvgIpc) is 2.65. The zero-order valence-corrected chi connectivity index (χ0v) is 19.3. The van der Waals surface area contributed by atoms with Gasteiger partial charge in [-0.05, 0) is 44.3 Å². The second-order valence-electron chi connectivity index (χ2n) is 6.62. The van der Waals surface area contributed by atoms with Crippen molar-refractivity contribution >= 4 is 29.9 Å². The molecule has 0 heterocycles. The summed E-state index contributed by atoms with van der Waals surface area (Å²) in [6.07, 6.45) is 0. The number of aryl methyl sites for hydroxylation is 1. The number of para-hydroxylation sites is 1. The Balaban J connectivity index is 0.00000392. The zero-order chi connectivity index (χ0) is 19.6. The van der Waals surface area contributed by atoms with Crippen LogP contribution in [-0.4, -0.2) is 45.2 Å². The Hall–Kier alpha value is -1.87. The summed E-state index contributed by atoms with van der Waals surface area (Å²) >= 11 is 0. The molecule has 2 aromatic rings. The molecule has 28 heavy (non-hydrogen) atoms. The van der Waals surface area contributed by atoms with Crippen molar-refractivity contribution in [3.63, 3.8) is 0 Å². The van der Waals surface area contributed by atoms with Crippen LogP contribution in [-0.2, 0) is 13.1 Å². The molecule has 0 aromatic heterocycles. The number of ether oxygens (including phenoxy) is 1. The Labute approximate surface area is 184 Å². The van der Waals surface area contributed by atoms with Crippen LogP contribution in [0.25, 0.3) is 0 Å². The predicted molar refractivity (Wildman–Crippen MR) is 124 cm³/mol. The molecule has 0 fully saturated rings. The minimum Gasteiger partial charge on any atom is -0.492 e. The smallest absolute Gasteiger partial charge is 0.191 e. The molecule has 0 aliphatic heterocycles. The fourth-order valence-electron chi connectivity index (χ4n) is 2.46. The molecule has 0 spiro atoms. The normalized spacial score (nSPS) is 11.1. The molecule has 0 bridgehead atoms. The minimum absolute atomic E-state index is 0. The highest BCUT2D eigenvalue weighted by Gasteiger charge is 2.06. The zero-order valence-electron chi connectivity index (χ0n) is 17.0. The number of aliphatic imine (C=N–C) groups is 1. The first-order valence-corrected chi connectivity index (χ1v) is 9.04. The maximum absolute atomic E-state index is 13.7. The standard InChI is InChI=1S/C21H29FN4O.HI/c1-16-9-10-17(13-19(16)22)14-24-21(23-2)25-15-18-7-5-6-8-20(18)27-12-11-26(3)4;/h5-10,13H,11-12,14-15H2,1-4H3,(H2,23,24,25);1H. The third kappa shape index (κ3) is 8.02. The molecule has 0 radical (unpaired) electrons. The van der Waals surface area contributed by atoms with Crippen LogP contribution in [0.15, 0.2) is 47.5 Å². The summed E-state index contributed by atoms with van der Waals surface area (Å²) in [6, 6.07) is 13.2. The lowest BCUT2D eigenvalue weighted by Crippen LogP contribution is -2.36. The summed E-state index contributed by atoms with van der Waals surface area (Å²) in [5.74, 6) is 1.32. The molecule has 0 atom stereocenters. The van der Waals surface area contributed by atoms with Gasteiger partial charge in [0, 0.05) is 32.2 Å². The second kappa shape index (κ2) is 12.6. The van der Waals surface area contributed by atoms with E-state index in [9.17, 15) is 4.39 Å². The summed E-state index contributed by atoms with van der Waals surface area (Å²) in [4.78, 5) is 6.31. The van der Waals surface area contributed by atoms with Gasteiger partial charge < -0.3 is 20.3 Å². The average molecular weight is 500 g/mol. The maximum atomic E-state index is 13.7. The monoisotopic (exact) mass is 500 g/mol. The number of nitrogens with zero attached hydrogens (tertiary/aromatic N) is 2. The highest BCUT2D eigenvalue weighted by atomic mass is 127. The van der Waals surface area contributed by atoms with E-state index in [0.717, 1.165) is 23.4 Å². The number of hydrogen-bond donors (Lipinski definition) is 2. The lowest BCUT2D eigenvalue weighted by molar-refractivity contribution is 0.259. The Morgan fingerprint density at radius 3 is 2.50 bits per heavy atom. The van der Waals surface area contributed by atoms with Crippen molar-refractivity contribution < 1.29 is 9.13 Å². The molecular weight excluding hydrogens is 470 g/mol. The molecule has 0 aliphatic carbocycles. The summed E-state index contributed by atoms with van der Waals surface area (Å²) in [5, 5.41) is 6.48. The molecule has 7 heteroatoms. The van der Waals surface area contributed by atoms with Crippen molar-refractivity contribution in [1.29, 1.82) is 0 Å². The van der Waals surface area contributed by atoms with Crippen LogP contribution < -0.4 is 15.4 Å². The molecule has 2 N–H and O–H groups in total. The van der Waals surface area contributed by atoms with E-state index < -0.39 is 0 Å². The van der Waals surface area contributed by atoms with Gasteiger partial charge in [-0.25, -0.2) is 4.39 Å². The molecule has 0 unspecified atom stereocenters. The first-order valence-electron chi connectivity index (χ1n) is 9.04. The molecule has 0 amide bonds. The van der Waals surface area contributed by atoms with E-state index >= 15 is 0 Å². The number of rotatable bonds is 8. The number of halogens is 2. The predicted octanol–water partition coefficient (Wildman–Crippen LogP) is 3.56. The Kier molecular flexibility index (Phi) is 10.8. The van der Waals surface area contributed by atoms with Gasteiger partial charge in [0.1, 0.15) is 18.2 Å². The highest BCUT2D eigenvalue weighted by molar-refractivity contribution is 14.0. The van der Waals surface area contributed by atoms with E-state index in [2.05, 4.69) is 20.5 Å². The first kappa shape index (κ1) is 24.2. The molecule has 2 rings (SSSR count). The van der Waals surface area contributed by atoms with E-state index in [1.54, 1.807) is 26.1 Å². The SMILES string of the molecule is CN=C(NCc1ccc(C)c(F)c1)NCc1ccccc1OCCN(C)C.I. The molecule has 154 valence electrons. The molecule has 5 nitrogen and oxygen atoms in total. The lowest BCUT2D eigenvalue weighted by atomic mass is 10.1. The van der Waals surface area contributed by atoms with Gasteiger partial charge in [-0.15, -0.1) is 24.0 Å². The van der Waals surface area contributed by atoms with Gasteiger partial charge in [0.2, 0.25) is 0 Å². The van der Waals surface area contributed by atoms with Crippen molar-refractivity contribution in [2.45, 2.75) is 20.0 Å². The van der Waals surface area contributed by atoms with Crippen molar-refractivity contribution in [1.82, 2.24) is 15.5 Å². The number of likely N-dealkylation sites (N-methyl/N-ethyl adjacent to an activating group) is 1. The lowest BCUT2D eigenvalue weighted by Gasteiger charge is -2.16. The van der Waals surface area contributed by atoms with Crippen molar-refractivity contribution in [2.75, 3.05) is 34.3 Å². The molecule has 0 saturated carbocycles. The van der Waals surface area contributed by atoms with Gasteiger partial charge in [0.25, 0.3) is 0 Å². The quantitative estimate of drug-likeness (QED) is 0.331. The van der Waals surface area contributed by atoms with Crippen molar-refractivity contribution in [2.24, 2.45) is 4.99 Å². The topological polar surface area (TPSA) is 48.9 Å². The fourth-order valence-corrected chi connectivity index (χ4v) is 2.46. The Morgan fingerprint density at radius 1 is 1.11 bits per heavy atom. The van der Waals surface area contributed by atoms with Crippen LogP contribution in [0.3, 0.4) is 0 Å². The van der Waals surface area contributed by atoms with Gasteiger partial charge >= 0.3 is 0 Å². The van der Waals surface area contributed by atoms with Gasteiger partial charge in [0.05, 0.1) is 0 Å². The first-order chi connectivity index (χ1) is 13.0. The Bertz CT molecular complexity index is 768. The van der Waals surface area contributed by atoms with Crippen molar-refractivity contribution in [3.05, 3.63) is 65.0 Å². The van der Waals surface area contributed by atoms with Crippen molar-refractivity contribution in [3.8, 4) is 5.75 Å². The highest BCUT2D eigenvalue weighted by Crippen LogP contribution is 2.17. The third-order valence-electron chi connectivity index (χ3n) is 4.13. The minimum atomic E-state index is -0.193. The molecule has 2 aromatic carbocycles. The van der Waals surface area contributed by atoms with Gasteiger partial charge in [-0.3, -0.25) is 4.99 Å². The number of hydrogen-bond acceptors (Lipinski definition) is 3. The third-order valence-corrected chi connectivity index (χ3v) is 4.13. The van der Waals surface area contributed by atoms with E-state index in [-0.39, 0.29) is 29.8 Å². The van der Waals surface area contributed by atoms with E-state index in [4.69, 9.17) is 4.74 Å². The van der Waals surface area contributed by atoms with Crippen LogP contribution in [0.5, 0.6) is 5.75 Å². The summed E-state index contributed by atoms with van der Waals surface area (Å²) in [6.45, 7) is 4.33.